The summed E-state index contributed by atoms with van der Waals surface area (Å²) in [6.07, 6.45) is 2.17. The van der Waals surface area contributed by atoms with Crippen molar-refractivity contribution >= 4 is 46.2 Å². The molecule has 1 aromatic carbocycles. The lowest BCUT2D eigenvalue weighted by molar-refractivity contribution is -0.135. The molecule has 0 aliphatic carbocycles. The summed E-state index contributed by atoms with van der Waals surface area (Å²) in [5.74, 6) is -0.0843. The average Bonchev–Trinajstić information content (AvgIpc) is 3.26. The SMILES string of the molecule is CN(CC(O)c1ccc(O)cc1)C(=O)CN1C(=O)C(=Cc2ccco2)SC1=S. The molecule has 2 heterocycles. The van der Waals surface area contributed by atoms with E-state index in [1.165, 1.54) is 28.2 Å². The van der Waals surface area contributed by atoms with Crippen molar-refractivity contribution in [1.29, 1.82) is 0 Å². The molecule has 146 valence electrons. The molecule has 0 saturated carbocycles. The first-order chi connectivity index (χ1) is 13.3. The summed E-state index contributed by atoms with van der Waals surface area (Å²) in [5.41, 5.74) is 0.574. The predicted octanol–water partition coefficient (Wildman–Crippen LogP) is 2.38. The number of rotatable bonds is 6. The Balaban J connectivity index is 1.61. The maximum Gasteiger partial charge on any atom is 0.266 e. The van der Waals surface area contributed by atoms with Crippen molar-refractivity contribution in [2.75, 3.05) is 20.1 Å². The Kier molecular flexibility index (Phi) is 6.18. The number of thiocarbonyl (C=S) groups is 1. The van der Waals surface area contributed by atoms with E-state index in [1.807, 2.05) is 0 Å². The summed E-state index contributed by atoms with van der Waals surface area (Å²) >= 11 is 6.34. The number of aliphatic hydroxyl groups excluding tert-OH is 1. The van der Waals surface area contributed by atoms with Crippen molar-refractivity contribution in [3.05, 3.63) is 58.9 Å². The van der Waals surface area contributed by atoms with E-state index in [-0.39, 0.29) is 30.7 Å². The number of hydrogen-bond donors (Lipinski definition) is 2. The Morgan fingerprint density at radius 2 is 2.07 bits per heavy atom. The van der Waals surface area contributed by atoms with Crippen molar-refractivity contribution in [3.63, 3.8) is 0 Å². The smallest absolute Gasteiger partial charge is 0.266 e. The third kappa shape index (κ3) is 4.61. The minimum Gasteiger partial charge on any atom is -0.508 e. The predicted molar refractivity (Wildman–Crippen MR) is 109 cm³/mol. The highest BCUT2D eigenvalue weighted by Crippen LogP contribution is 2.32. The van der Waals surface area contributed by atoms with Gasteiger partial charge in [-0.2, -0.15) is 0 Å². The first-order valence-corrected chi connectivity index (χ1v) is 9.57. The average molecular weight is 418 g/mol. The molecule has 7 nitrogen and oxygen atoms in total. The molecule has 0 spiro atoms. The first kappa shape index (κ1) is 20.1. The van der Waals surface area contributed by atoms with Gasteiger partial charge in [0.1, 0.15) is 22.4 Å². The standard InChI is InChI=1S/C19H18N2O5S2/c1-20(10-15(23)12-4-6-13(22)7-5-12)17(24)11-21-18(25)16(28-19(21)27)9-14-3-2-8-26-14/h2-9,15,22-23H,10-11H2,1H3. The highest BCUT2D eigenvalue weighted by Gasteiger charge is 2.34. The number of hydrogen-bond acceptors (Lipinski definition) is 7. The van der Waals surface area contributed by atoms with Gasteiger partial charge in [0.25, 0.3) is 5.91 Å². The fraction of sp³-hybridized carbons (Fsp3) is 0.211. The molecule has 1 aliphatic rings. The van der Waals surface area contributed by atoms with Crippen LogP contribution in [0, 0.1) is 0 Å². The number of benzene rings is 1. The topological polar surface area (TPSA) is 94.2 Å². The van der Waals surface area contributed by atoms with Crippen molar-refractivity contribution in [2.24, 2.45) is 0 Å². The third-order valence-electron chi connectivity index (χ3n) is 4.13. The van der Waals surface area contributed by atoms with Crippen molar-refractivity contribution in [1.82, 2.24) is 9.80 Å². The van der Waals surface area contributed by atoms with E-state index in [0.717, 1.165) is 11.8 Å². The van der Waals surface area contributed by atoms with Crippen LogP contribution in [0.1, 0.15) is 17.4 Å². The van der Waals surface area contributed by atoms with Crippen LogP contribution >= 0.6 is 24.0 Å². The van der Waals surface area contributed by atoms with Crippen LogP contribution in [0.3, 0.4) is 0 Å². The van der Waals surface area contributed by atoms with E-state index in [1.54, 1.807) is 37.4 Å². The van der Waals surface area contributed by atoms with Gasteiger partial charge in [0.05, 0.1) is 23.8 Å². The van der Waals surface area contributed by atoms with Crippen LogP contribution in [-0.2, 0) is 9.59 Å². The number of aliphatic hydroxyl groups is 1. The van der Waals surface area contributed by atoms with Gasteiger partial charge in [0.15, 0.2) is 0 Å². The highest BCUT2D eigenvalue weighted by molar-refractivity contribution is 8.26. The van der Waals surface area contributed by atoms with E-state index in [2.05, 4.69) is 0 Å². The number of phenols is 1. The minimum absolute atomic E-state index is 0.0423. The van der Waals surface area contributed by atoms with E-state index in [4.69, 9.17) is 16.6 Å². The molecular weight excluding hydrogens is 400 g/mol. The molecule has 0 bridgehead atoms. The van der Waals surface area contributed by atoms with Gasteiger partial charge < -0.3 is 19.5 Å². The lowest BCUT2D eigenvalue weighted by atomic mass is 10.1. The summed E-state index contributed by atoms with van der Waals surface area (Å²) in [4.78, 5) is 28.0. The van der Waals surface area contributed by atoms with Crippen LogP contribution in [-0.4, -0.2) is 56.3 Å². The highest BCUT2D eigenvalue weighted by atomic mass is 32.2. The van der Waals surface area contributed by atoms with Gasteiger partial charge in [-0.05, 0) is 29.8 Å². The zero-order valence-electron chi connectivity index (χ0n) is 14.9. The number of nitrogens with zero attached hydrogens (tertiary/aromatic N) is 2. The number of aromatic hydroxyl groups is 1. The molecule has 3 rings (SSSR count). The monoisotopic (exact) mass is 418 g/mol. The van der Waals surface area contributed by atoms with Crippen molar-refractivity contribution < 1.29 is 24.2 Å². The Hall–Kier alpha value is -2.62. The van der Waals surface area contributed by atoms with Crippen LogP contribution in [0.4, 0.5) is 0 Å². The molecule has 0 radical (unpaired) electrons. The maximum atomic E-state index is 12.5. The lowest BCUT2D eigenvalue weighted by Gasteiger charge is -2.23. The normalized spacial score (nSPS) is 16.6. The first-order valence-electron chi connectivity index (χ1n) is 8.35. The number of amides is 2. The minimum atomic E-state index is -0.917. The molecule has 1 fully saturated rings. The Labute approximate surface area is 171 Å². The summed E-state index contributed by atoms with van der Waals surface area (Å²) in [7, 11) is 1.54. The summed E-state index contributed by atoms with van der Waals surface area (Å²) in [6, 6.07) is 9.53. The summed E-state index contributed by atoms with van der Waals surface area (Å²) < 4.78 is 5.50. The number of likely N-dealkylation sites (N-methyl/N-ethyl adjacent to an activating group) is 1. The van der Waals surface area contributed by atoms with Crippen LogP contribution in [0.5, 0.6) is 5.75 Å². The van der Waals surface area contributed by atoms with Gasteiger partial charge >= 0.3 is 0 Å². The van der Waals surface area contributed by atoms with Gasteiger partial charge in [0, 0.05) is 13.1 Å². The molecule has 28 heavy (non-hydrogen) atoms. The number of phenolic OH excluding ortho intramolecular Hbond substituents is 1. The van der Waals surface area contributed by atoms with Gasteiger partial charge in [-0.3, -0.25) is 14.5 Å². The van der Waals surface area contributed by atoms with Crippen molar-refractivity contribution in [3.8, 4) is 5.75 Å². The molecule has 1 aliphatic heterocycles. The number of furan rings is 1. The van der Waals surface area contributed by atoms with Gasteiger partial charge in [0.2, 0.25) is 5.91 Å². The number of carbonyl (C=O) groups is 2. The lowest BCUT2D eigenvalue weighted by Crippen LogP contribution is -2.41. The molecule has 1 atom stereocenters. The molecule has 2 amide bonds. The molecule has 2 aromatic rings. The Morgan fingerprint density at radius 1 is 1.36 bits per heavy atom. The van der Waals surface area contributed by atoms with E-state index >= 15 is 0 Å². The number of thioether (sulfide) groups is 1. The van der Waals surface area contributed by atoms with E-state index < -0.39 is 6.10 Å². The van der Waals surface area contributed by atoms with Gasteiger partial charge in [-0.15, -0.1) is 0 Å². The quantitative estimate of drug-likeness (QED) is 0.549. The second kappa shape index (κ2) is 8.59. The number of carbonyl (C=O) groups excluding carboxylic acids is 2. The molecule has 2 N–H and O–H groups in total. The molecule has 1 saturated heterocycles. The van der Waals surface area contributed by atoms with Crippen LogP contribution < -0.4 is 0 Å². The zero-order chi connectivity index (χ0) is 20.3. The van der Waals surface area contributed by atoms with Gasteiger partial charge in [-0.1, -0.05) is 36.1 Å². The largest absolute Gasteiger partial charge is 0.508 e. The van der Waals surface area contributed by atoms with Crippen LogP contribution in [0.15, 0.2) is 52.0 Å². The van der Waals surface area contributed by atoms with E-state index in [0.29, 0.717) is 20.5 Å². The molecule has 9 heteroatoms. The summed E-state index contributed by atoms with van der Waals surface area (Å²) in [5, 5.41) is 19.6. The van der Waals surface area contributed by atoms with Crippen molar-refractivity contribution in [2.45, 2.75) is 6.10 Å². The second-order valence-electron chi connectivity index (χ2n) is 6.16. The molecule has 1 aromatic heterocycles. The zero-order valence-corrected chi connectivity index (χ0v) is 16.6. The molecular formula is C19H18N2O5S2. The second-order valence-corrected chi connectivity index (χ2v) is 7.84. The fourth-order valence-electron chi connectivity index (χ4n) is 2.56. The summed E-state index contributed by atoms with van der Waals surface area (Å²) in [6.45, 7) is -0.167. The third-order valence-corrected chi connectivity index (χ3v) is 5.51. The Morgan fingerprint density at radius 3 is 2.71 bits per heavy atom. The van der Waals surface area contributed by atoms with Gasteiger partial charge in [-0.25, -0.2) is 0 Å². The molecule has 1 unspecified atom stereocenters. The van der Waals surface area contributed by atoms with Crippen LogP contribution in [0.2, 0.25) is 0 Å². The fourth-order valence-corrected chi connectivity index (χ4v) is 3.79. The van der Waals surface area contributed by atoms with E-state index in [9.17, 15) is 19.8 Å². The maximum absolute atomic E-state index is 12.5. The Bertz CT molecular complexity index is 909. The van der Waals surface area contributed by atoms with Crippen LogP contribution in [0.25, 0.3) is 6.08 Å².